The van der Waals surface area contributed by atoms with Crippen molar-refractivity contribution in [1.82, 2.24) is 4.98 Å². The van der Waals surface area contributed by atoms with E-state index in [2.05, 4.69) is 25.8 Å². The van der Waals surface area contributed by atoms with Gasteiger partial charge in [-0.25, -0.2) is 0 Å². The van der Waals surface area contributed by atoms with Crippen LogP contribution in [-0.2, 0) is 6.54 Å². The lowest BCUT2D eigenvalue weighted by molar-refractivity contribution is 0.403. The van der Waals surface area contributed by atoms with Crippen LogP contribution in [0.3, 0.4) is 0 Å². The molecule has 0 aliphatic rings. The summed E-state index contributed by atoms with van der Waals surface area (Å²) >= 11 is 0. The second kappa shape index (κ2) is 4.00. The molecule has 0 unspecified atom stereocenters. The SMILES string of the molecule is CN(CC(C)(C)C)c1nc(CN)co1. The largest absolute Gasteiger partial charge is 0.432 e. The van der Waals surface area contributed by atoms with Crippen LogP contribution < -0.4 is 10.6 Å². The van der Waals surface area contributed by atoms with Crippen molar-refractivity contribution in [1.29, 1.82) is 0 Å². The maximum atomic E-state index is 5.45. The fourth-order valence-electron chi connectivity index (χ4n) is 1.34. The molecule has 0 saturated heterocycles. The van der Waals surface area contributed by atoms with E-state index in [9.17, 15) is 0 Å². The number of nitrogens with two attached hydrogens (primary N) is 1. The van der Waals surface area contributed by atoms with Crippen LogP contribution in [0.2, 0.25) is 0 Å². The maximum absolute atomic E-state index is 5.45. The Balaban J connectivity index is 2.65. The van der Waals surface area contributed by atoms with Crippen molar-refractivity contribution in [2.75, 3.05) is 18.5 Å². The molecule has 1 heterocycles. The van der Waals surface area contributed by atoms with Crippen LogP contribution in [0, 0.1) is 5.41 Å². The Kier molecular flexibility index (Phi) is 3.16. The second-order valence-corrected chi connectivity index (χ2v) is 4.74. The first-order valence-corrected chi connectivity index (χ1v) is 4.78. The van der Waals surface area contributed by atoms with Crippen molar-refractivity contribution < 1.29 is 4.42 Å². The molecule has 1 rings (SSSR count). The highest BCUT2D eigenvalue weighted by Crippen LogP contribution is 2.19. The molecular weight excluding hydrogens is 178 g/mol. The lowest BCUT2D eigenvalue weighted by Crippen LogP contribution is -2.29. The van der Waals surface area contributed by atoms with Crippen LogP contribution >= 0.6 is 0 Å². The van der Waals surface area contributed by atoms with Crippen molar-refractivity contribution in [2.24, 2.45) is 11.1 Å². The molecule has 0 radical (unpaired) electrons. The summed E-state index contributed by atoms with van der Waals surface area (Å²) in [5, 5.41) is 0. The van der Waals surface area contributed by atoms with Gasteiger partial charge < -0.3 is 15.1 Å². The molecule has 0 amide bonds. The third-order valence-corrected chi connectivity index (χ3v) is 1.79. The molecular formula is C10H19N3O. The highest BCUT2D eigenvalue weighted by Gasteiger charge is 2.16. The summed E-state index contributed by atoms with van der Waals surface area (Å²) in [6.07, 6.45) is 1.61. The van der Waals surface area contributed by atoms with Crippen molar-refractivity contribution in [3.05, 3.63) is 12.0 Å². The molecule has 14 heavy (non-hydrogen) atoms. The zero-order valence-corrected chi connectivity index (χ0v) is 9.37. The van der Waals surface area contributed by atoms with Gasteiger partial charge in [-0.3, -0.25) is 0 Å². The summed E-state index contributed by atoms with van der Waals surface area (Å²) in [6, 6.07) is 0.639. The molecule has 80 valence electrons. The number of hydrogen-bond donors (Lipinski definition) is 1. The zero-order valence-electron chi connectivity index (χ0n) is 9.37. The van der Waals surface area contributed by atoms with Gasteiger partial charge in [-0.2, -0.15) is 4.98 Å². The number of nitrogens with zero attached hydrogens (tertiary/aromatic N) is 2. The molecule has 0 saturated carbocycles. The first kappa shape index (κ1) is 11.0. The Morgan fingerprint density at radius 1 is 1.50 bits per heavy atom. The fraction of sp³-hybridized carbons (Fsp3) is 0.700. The van der Waals surface area contributed by atoms with Gasteiger partial charge in [-0.05, 0) is 5.41 Å². The molecule has 0 aliphatic heterocycles. The number of hydrogen-bond acceptors (Lipinski definition) is 4. The van der Waals surface area contributed by atoms with Gasteiger partial charge in [0.1, 0.15) is 6.26 Å². The molecule has 2 N–H and O–H groups in total. The summed E-state index contributed by atoms with van der Waals surface area (Å²) < 4.78 is 5.30. The Morgan fingerprint density at radius 2 is 2.14 bits per heavy atom. The zero-order chi connectivity index (χ0) is 10.8. The first-order chi connectivity index (χ1) is 6.42. The fourth-order valence-corrected chi connectivity index (χ4v) is 1.34. The molecule has 4 nitrogen and oxygen atoms in total. The molecule has 0 fully saturated rings. The number of anilines is 1. The summed E-state index contributed by atoms with van der Waals surface area (Å²) in [6.45, 7) is 7.85. The standard InChI is InChI=1S/C10H19N3O/c1-10(2,3)7-13(4)9-12-8(5-11)6-14-9/h6H,5,7,11H2,1-4H3. The maximum Gasteiger partial charge on any atom is 0.297 e. The Bertz CT molecular complexity index is 288. The predicted molar refractivity (Wildman–Crippen MR) is 57.1 cm³/mol. The number of rotatable bonds is 3. The average Bonchev–Trinajstić information content (AvgIpc) is 2.48. The third-order valence-electron chi connectivity index (χ3n) is 1.79. The molecule has 1 aromatic heterocycles. The molecule has 0 aliphatic carbocycles. The van der Waals surface area contributed by atoms with E-state index >= 15 is 0 Å². The van der Waals surface area contributed by atoms with Crippen molar-refractivity contribution in [3.8, 4) is 0 Å². The van der Waals surface area contributed by atoms with E-state index in [-0.39, 0.29) is 5.41 Å². The van der Waals surface area contributed by atoms with Gasteiger partial charge in [-0.1, -0.05) is 20.8 Å². The van der Waals surface area contributed by atoms with E-state index in [1.54, 1.807) is 6.26 Å². The lowest BCUT2D eigenvalue weighted by Gasteiger charge is -2.25. The van der Waals surface area contributed by atoms with Gasteiger partial charge >= 0.3 is 0 Å². The van der Waals surface area contributed by atoms with Gasteiger partial charge in [0.2, 0.25) is 0 Å². The predicted octanol–water partition coefficient (Wildman–Crippen LogP) is 1.62. The summed E-state index contributed by atoms with van der Waals surface area (Å²) in [5.74, 6) is 0. The van der Waals surface area contributed by atoms with E-state index in [1.165, 1.54) is 0 Å². The van der Waals surface area contributed by atoms with Gasteiger partial charge in [0, 0.05) is 20.1 Å². The Morgan fingerprint density at radius 3 is 2.57 bits per heavy atom. The number of aromatic nitrogens is 1. The van der Waals surface area contributed by atoms with Crippen molar-refractivity contribution >= 4 is 6.01 Å². The topological polar surface area (TPSA) is 55.3 Å². The minimum Gasteiger partial charge on any atom is -0.432 e. The Labute approximate surface area is 85.1 Å². The smallest absolute Gasteiger partial charge is 0.297 e. The van der Waals surface area contributed by atoms with Crippen LogP contribution in [0.4, 0.5) is 6.01 Å². The molecule has 0 bridgehead atoms. The van der Waals surface area contributed by atoms with Crippen LogP contribution in [0.1, 0.15) is 26.5 Å². The molecule has 0 aromatic carbocycles. The van der Waals surface area contributed by atoms with Gasteiger partial charge in [0.15, 0.2) is 0 Å². The summed E-state index contributed by atoms with van der Waals surface area (Å²) in [5.41, 5.74) is 6.47. The monoisotopic (exact) mass is 197 g/mol. The highest BCUT2D eigenvalue weighted by molar-refractivity contribution is 5.25. The molecule has 0 atom stereocenters. The van der Waals surface area contributed by atoms with Gasteiger partial charge in [0.05, 0.1) is 5.69 Å². The van der Waals surface area contributed by atoms with Crippen molar-refractivity contribution in [2.45, 2.75) is 27.3 Å². The third kappa shape index (κ3) is 3.03. The van der Waals surface area contributed by atoms with Gasteiger partial charge in [-0.15, -0.1) is 0 Å². The highest BCUT2D eigenvalue weighted by atomic mass is 16.4. The van der Waals surface area contributed by atoms with E-state index in [0.717, 1.165) is 12.2 Å². The van der Waals surface area contributed by atoms with Crippen molar-refractivity contribution in [3.63, 3.8) is 0 Å². The minimum absolute atomic E-state index is 0.228. The van der Waals surface area contributed by atoms with Gasteiger partial charge in [0.25, 0.3) is 6.01 Å². The van der Waals surface area contributed by atoms with E-state index in [0.29, 0.717) is 12.6 Å². The van der Waals surface area contributed by atoms with Crippen LogP contribution in [0.15, 0.2) is 10.7 Å². The molecule has 1 aromatic rings. The lowest BCUT2D eigenvalue weighted by atomic mass is 9.96. The summed E-state index contributed by atoms with van der Waals surface area (Å²) in [4.78, 5) is 6.25. The van der Waals surface area contributed by atoms with Crippen LogP contribution in [0.5, 0.6) is 0 Å². The number of oxazole rings is 1. The normalized spacial score (nSPS) is 11.8. The van der Waals surface area contributed by atoms with E-state index in [4.69, 9.17) is 10.2 Å². The van der Waals surface area contributed by atoms with Crippen LogP contribution in [0.25, 0.3) is 0 Å². The second-order valence-electron chi connectivity index (χ2n) is 4.74. The Hall–Kier alpha value is -1.03. The van der Waals surface area contributed by atoms with E-state index < -0.39 is 0 Å². The first-order valence-electron chi connectivity index (χ1n) is 4.78. The average molecular weight is 197 g/mol. The van der Waals surface area contributed by atoms with Crippen LogP contribution in [-0.4, -0.2) is 18.6 Å². The van der Waals surface area contributed by atoms with E-state index in [1.807, 2.05) is 11.9 Å². The summed E-state index contributed by atoms with van der Waals surface area (Å²) in [7, 11) is 1.97. The minimum atomic E-state index is 0.228. The molecule has 0 spiro atoms. The molecule has 4 heteroatoms. The quantitative estimate of drug-likeness (QED) is 0.800.